The molecule has 1 rings (SSSR count). The van der Waals surface area contributed by atoms with Gasteiger partial charge >= 0.3 is 0 Å². The van der Waals surface area contributed by atoms with Crippen LogP contribution in [0.15, 0.2) is 24.3 Å². The van der Waals surface area contributed by atoms with E-state index in [1.807, 2.05) is 18.2 Å². The smallest absolute Gasteiger partial charge is 0.0530 e. The van der Waals surface area contributed by atoms with Crippen molar-refractivity contribution in [3.63, 3.8) is 0 Å². The largest absolute Gasteiger partial charge is 0.384 e. The molecule has 0 aromatic heterocycles. The second-order valence-corrected chi connectivity index (χ2v) is 3.55. The molecule has 0 unspecified atom stereocenters. The van der Waals surface area contributed by atoms with Crippen LogP contribution in [0.25, 0.3) is 0 Å². The highest BCUT2D eigenvalue weighted by Gasteiger charge is 2.08. The molecule has 1 nitrogen and oxygen atoms in total. The molecule has 0 radical (unpaired) electrons. The van der Waals surface area contributed by atoms with Crippen molar-refractivity contribution in [3.8, 4) is 0 Å². The Balaban J connectivity index is 2.78. The van der Waals surface area contributed by atoms with Crippen molar-refractivity contribution in [2.24, 2.45) is 0 Å². The van der Waals surface area contributed by atoms with E-state index in [0.29, 0.717) is 5.92 Å². The highest BCUT2D eigenvalue weighted by atomic mass is 35.5. The molecule has 1 aromatic rings. The van der Waals surface area contributed by atoms with Crippen LogP contribution >= 0.6 is 11.6 Å². The first-order valence-corrected chi connectivity index (χ1v) is 4.90. The van der Waals surface area contributed by atoms with Crippen LogP contribution in [0.5, 0.6) is 0 Å². The summed E-state index contributed by atoms with van der Waals surface area (Å²) in [6.07, 6.45) is 1.08. The standard InChI is InChI=1S/C11H15ClO/c1-3-9(8-13-2)10-5-4-6-11(12)7-10/h4-7,9H,3,8H2,1-2H3/t9-/m1/s1. The van der Waals surface area contributed by atoms with Gasteiger partial charge in [0.2, 0.25) is 0 Å². The lowest BCUT2D eigenvalue weighted by atomic mass is 9.98. The zero-order valence-corrected chi connectivity index (χ0v) is 8.84. The molecule has 2 heteroatoms. The van der Waals surface area contributed by atoms with E-state index in [0.717, 1.165) is 18.1 Å². The van der Waals surface area contributed by atoms with E-state index < -0.39 is 0 Å². The number of benzene rings is 1. The van der Waals surface area contributed by atoms with Gasteiger partial charge in [0.15, 0.2) is 0 Å². The van der Waals surface area contributed by atoms with Crippen molar-refractivity contribution >= 4 is 11.6 Å². The minimum Gasteiger partial charge on any atom is -0.384 e. The second kappa shape index (κ2) is 5.25. The summed E-state index contributed by atoms with van der Waals surface area (Å²) in [6, 6.07) is 7.98. The summed E-state index contributed by atoms with van der Waals surface area (Å²) in [5.74, 6) is 0.462. The summed E-state index contributed by atoms with van der Waals surface area (Å²) in [5.41, 5.74) is 1.26. The molecule has 0 bridgehead atoms. The average molecular weight is 199 g/mol. The third kappa shape index (κ3) is 3.02. The molecule has 0 fully saturated rings. The number of halogens is 1. The van der Waals surface area contributed by atoms with Gasteiger partial charge in [-0.25, -0.2) is 0 Å². The maximum atomic E-state index is 5.91. The van der Waals surface area contributed by atoms with Gasteiger partial charge in [-0.05, 0) is 24.1 Å². The summed E-state index contributed by atoms with van der Waals surface area (Å²) in [6.45, 7) is 2.92. The molecule has 0 aliphatic heterocycles. The highest BCUT2D eigenvalue weighted by molar-refractivity contribution is 6.30. The SMILES string of the molecule is CC[C@H](COC)c1cccc(Cl)c1. The molecule has 1 aromatic carbocycles. The van der Waals surface area contributed by atoms with Crippen LogP contribution in [0.3, 0.4) is 0 Å². The van der Waals surface area contributed by atoms with Gasteiger partial charge < -0.3 is 4.74 Å². The summed E-state index contributed by atoms with van der Waals surface area (Å²) in [5, 5.41) is 0.798. The third-order valence-corrected chi connectivity index (χ3v) is 2.42. The monoisotopic (exact) mass is 198 g/mol. The highest BCUT2D eigenvalue weighted by Crippen LogP contribution is 2.22. The van der Waals surface area contributed by atoms with Crippen molar-refractivity contribution in [1.82, 2.24) is 0 Å². The van der Waals surface area contributed by atoms with Crippen LogP contribution in [0.2, 0.25) is 5.02 Å². The molecular weight excluding hydrogens is 184 g/mol. The molecule has 0 amide bonds. The van der Waals surface area contributed by atoms with Gasteiger partial charge in [0, 0.05) is 18.1 Å². The first-order valence-electron chi connectivity index (χ1n) is 4.52. The fourth-order valence-corrected chi connectivity index (χ4v) is 1.61. The molecule has 0 heterocycles. The number of hydrogen-bond donors (Lipinski definition) is 0. The van der Waals surface area contributed by atoms with Gasteiger partial charge in [0.1, 0.15) is 0 Å². The molecule has 13 heavy (non-hydrogen) atoms. The molecule has 0 N–H and O–H groups in total. The van der Waals surface area contributed by atoms with E-state index in [4.69, 9.17) is 16.3 Å². The lowest BCUT2D eigenvalue weighted by molar-refractivity contribution is 0.177. The zero-order valence-electron chi connectivity index (χ0n) is 8.09. The second-order valence-electron chi connectivity index (χ2n) is 3.12. The fourth-order valence-electron chi connectivity index (χ4n) is 1.41. The maximum Gasteiger partial charge on any atom is 0.0530 e. The Kier molecular flexibility index (Phi) is 4.26. The number of ether oxygens (including phenoxy) is 1. The van der Waals surface area contributed by atoms with Gasteiger partial charge in [-0.15, -0.1) is 0 Å². The van der Waals surface area contributed by atoms with Gasteiger partial charge in [-0.3, -0.25) is 0 Å². The molecule has 0 saturated carbocycles. The van der Waals surface area contributed by atoms with Gasteiger partial charge in [-0.2, -0.15) is 0 Å². The van der Waals surface area contributed by atoms with Gasteiger partial charge in [-0.1, -0.05) is 30.7 Å². The predicted octanol–water partition coefficient (Wildman–Crippen LogP) is 3.48. The van der Waals surface area contributed by atoms with Crippen LogP contribution in [0, 0.1) is 0 Å². The van der Waals surface area contributed by atoms with Gasteiger partial charge in [0.25, 0.3) is 0 Å². The fraction of sp³-hybridized carbons (Fsp3) is 0.455. The summed E-state index contributed by atoms with van der Waals surface area (Å²) in [4.78, 5) is 0. The number of methoxy groups -OCH3 is 1. The molecule has 0 aliphatic rings. The minimum atomic E-state index is 0.462. The molecule has 72 valence electrons. The summed E-state index contributed by atoms with van der Waals surface area (Å²) >= 11 is 5.91. The molecule has 1 atom stereocenters. The van der Waals surface area contributed by atoms with E-state index in [9.17, 15) is 0 Å². The van der Waals surface area contributed by atoms with E-state index in [1.165, 1.54) is 5.56 Å². The average Bonchev–Trinajstić information content (AvgIpc) is 2.14. The maximum absolute atomic E-state index is 5.91. The van der Waals surface area contributed by atoms with Crippen molar-refractivity contribution < 1.29 is 4.74 Å². The van der Waals surface area contributed by atoms with E-state index >= 15 is 0 Å². The minimum absolute atomic E-state index is 0.462. The Morgan fingerprint density at radius 3 is 2.77 bits per heavy atom. The Bertz CT molecular complexity index is 260. The van der Waals surface area contributed by atoms with Crippen LogP contribution in [-0.2, 0) is 4.74 Å². The normalized spacial score (nSPS) is 12.8. The molecule has 0 spiro atoms. The zero-order chi connectivity index (χ0) is 9.68. The topological polar surface area (TPSA) is 9.23 Å². The molecular formula is C11H15ClO. The predicted molar refractivity (Wildman–Crippen MR) is 56.4 cm³/mol. The van der Waals surface area contributed by atoms with E-state index in [2.05, 4.69) is 13.0 Å². The van der Waals surface area contributed by atoms with Crippen LogP contribution < -0.4 is 0 Å². The van der Waals surface area contributed by atoms with Gasteiger partial charge in [0.05, 0.1) is 6.61 Å². The molecule has 0 aliphatic carbocycles. The van der Waals surface area contributed by atoms with Crippen molar-refractivity contribution in [2.45, 2.75) is 19.3 Å². The summed E-state index contributed by atoms with van der Waals surface area (Å²) in [7, 11) is 1.73. The first kappa shape index (κ1) is 10.6. The lowest BCUT2D eigenvalue weighted by Gasteiger charge is -2.13. The Labute approximate surface area is 84.7 Å². The summed E-state index contributed by atoms with van der Waals surface area (Å²) < 4.78 is 5.15. The Morgan fingerprint density at radius 1 is 1.46 bits per heavy atom. The van der Waals surface area contributed by atoms with E-state index in [-0.39, 0.29) is 0 Å². The van der Waals surface area contributed by atoms with Crippen LogP contribution in [0.1, 0.15) is 24.8 Å². The van der Waals surface area contributed by atoms with Crippen molar-refractivity contribution in [2.75, 3.05) is 13.7 Å². The Hall–Kier alpha value is -0.530. The van der Waals surface area contributed by atoms with Crippen molar-refractivity contribution in [3.05, 3.63) is 34.9 Å². The quantitative estimate of drug-likeness (QED) is 0.720. The lowest BCUT2D eigenvalue weighted by Crippen LogP contribution is -2.04. The molecule has 0 saturated heterocycles. The number of rotatable bonds is 4. The number of hydrogen-bond acceptors (Lipinski definition) is 1. The Morgan fingerprint density at radius 2 is 2.23 bits per heavy atom. The van der Waals surface area contributed by atoms with E-state index in [1.54, 1.807) is 7.11 Å². The van der Waals surface area contributed by atoms with Crippen LogP contribution in [0.4, 0.5) is 0 Å². The third-order valence-electron chi connectivity index (χ3n) is 2.18. The van der Waals surface area contributed by atoms with Crippen molar-refractivity contribution in [1.29, 1.82) is 0 Å². The first-order chi connectivity index (χ1) is 6.27. The van der Waals surface area contributed by atoms with Crippen LogP contribution in [-0.4, -0.2) is 13.7 Å².